The van der Waals surface area contributed by atoms with Gasteiger partial charge < -0.3 is 10.1 Å². The van der Waals surface area contributed by atoms with Gasteiger partial charge in [-0.3, -0.25) is 14.6 Å². The van der Waals surface area contributed by atoms with Crippen molar-refractivity contribution in [3.05, 3.63) is 58.6 Å². The molecule has 0 atom stereocenters. The molecule has 0 spiro atoms. The van der Waals surface area contributed by atoms with Crippen LogP contribution in [0.1, 0.15) is 12.0 Å². The monoisotopic (exact) mass is 295 g/mol. The number of aromatic nitrogens is 3. The van der Waals surface area contributed by atoms with Crippen LogP contribution >= 0.6 is 0 Å². The van der Waals surface area contributed by atoms with E-state index in [2.05, 4.69) is 15.0 Å². The molecule has 2 N–H and O–H groups in total. The first-order valence-corrected chi connectivity index (χ1v) is 6.78. The number of H-pyrrole nitrogens is 1. The summed E-state index contributed by atoms with van der Waals surface area (Å²) in [7, 11) is 0. The minimum atomic E-state index is -0.862. The van der Waals surface area contributed by atoms with E-state index in [0.29, 0.717) is 23.1 Å². The van der Waals surface area contributed by atoms with E-state index in [1.165, 1.54) is 0 Å². The van der Waals surface area contributed by atoms with Gasteiger partial charge in [-0.05, 0) is 36.2 Å². The van der Waals surface area contributed by atoms with Crippen molar-refractivity contribution in [3.8, 4) is 11.4 Å². The van der Waals surface area contributed by atoms with Gasteiger partial charge in [0.15, 0.2) is 0 Å². The molecule has 2 aromatic heterocycles. The second kappa shape index (κ2) is 5.77. The Kier molecular flexibility index (Phi) is 3.65. The summed E-state index contributed by atoms with van der Waals surface area (Å²) < 4.78 is 0. The maximum atomic E-state index is 12.2. The van der Waals surface area contributed by atoms with Crippen LogP contribution in [0.4, 0.5) is 0 Å². The van der Waals surface area contributed by atoms with E-state index in [1.54, 1.807) is 36.7 Å². The number of benzene rings is 1. The second-order valence-corrected chi connectivity index (χ2v) is 4.90. The van der Waals surface area contributed by atoms with Gasteiger partial charge in [-0.1, -0.05) is 6.07 Å². The molecule has 110 valence electrons. The number of carboxylic acids is 1. The quantitative estimate of drug-likeness (QED) is 0.767. The van der Waals surface area contributed by atoms with Gasteiger partial charge in [-0.2, -0.15) is 0 Å². The van der Waals surface area contributed by atoms with E-state index in [4.69, 9.17) is 5.11 Å². The van der Waals surface area contributed by atoms with Crippen LogP contribution in [0, 0.1) is 0 Å². The molecule has 22 heavy (non-hydrogen) atoms. The molecule has 6 nitrogen and oxygen atoms in total. The van der Waals surface area contributed by atoms with Crippen molar-refractivity contribution in [2.24, 2.45) is 0 Å². The molecule has 0 amide bonds. The molecule has 1 aromatic carbocycles. The van der Waals surface area contributed by atoms with Crippen molar-refractivity contribution in [3.63, 3.8) is 0 Å². The standard InChI is InChI=1S/C16H13N3O3/c20-14(21)6-4-10-3-5-13-12(8-10)16(22)19-15(18-13)11-2-1-7-17-9-11/h1-3,5,7-9H,4,6H2,(H,20,21)(H,18,19,22). The molecule has 2 heterocycles. The highest BCUT2D eigenvalue weighted by molar-refractivity contribution is 5.80. The first-order valence-electron chi connectivity index (χ1n) is 6.78. The minimum absolute atomic E-state index is 0.0323. The van der Waals surface area contributed by atoms with Crippen molar-refractivity contribution < 1.29 is 9.90 Å². The highest BCUT2D eigenvalue weighted by Gasteiger charge is 2.07. The van der Waals surface area contributed by atoms with Crippen LogP contribution in [0.25, 0.3) is 22.3 Å². The van der Waals surface area contributed by atoms with E-state index in [0.717, 1.165) is 11.1 Å². The summed E-state index contributed by atoms with van der Waals surface area (Å²) in [6.45, 7) is 0. The third-order valence-electron chi connectivity index (χ3n) is 3.33. The van der Waals surface area contributed by atoms with Gasteiger partial charge in [-0.25, -0.2) is 4.98 Å². The molecule has 0 saturated carbocycles. The van der Waals surface area contributed by atoms with E-state index in [-0.39, 0.29) is 12.0 Å². The average Bonchev–Trinajstić information content (AvgIpc) is 2.54. The topological polar surface area (TPSA) is 95.9 Å². The molecule has 3 aromatic rings. The van der Waals surface area contributed by atoms with Crippen molar-refractivity contribution in [2.45, 2.75) is 12.8 Å². The molecule has 0 radical (unpaired) electrons. The fourth-order valence-electron chi connectivity index (χ4n) is 2.23. The normalized spacial score (nSPS) is 10.7. The zero-order chi connectivity index (χ0) is 15.5. The number of fused-ring (bicyclic) bond motifs is 1. The fourth-order valence-corrected chi connectivity index (χ4v) is 2.23. The lowest BCUT2D eigenvalue weighted by Gasteiger charge is -2.04. The summed E-state index contributed by atoms with van der Waals surface area (Å²) in [4.78, 5) is 34.0. The van der Waals surface area contributed by atoms with Crippen LogP contribution in [-0.2, 0) is 11.2 Å². The summed E-state index contributed by atoms with van der Waals surface area (Å²) >= 11 is 0. The Bertz CT molecular complexity index is 888. The first kappa shape index (κ1) is 13.9. The first-order chi connectivity index (χ1) is 10.6. The van der Waals surface area contributed by atoms with E-state index in [1.807, 2.05) is 6.07 Å². The molecular formula is C16H13N3O3. The lowest BCUT2D eigenvalue weighted by Crippen LogP contribution is -2.10. The minimum Gasteiger partial charge on any atom is -0.481 e. The van der Waals surface area contributed by atoms with Crippen molar-refractivity contribution in [1.29, 1.82) is 0 Å². The van der Waals surface area contributed by atoms with E-state index < -0.39 is 5.97 Å². The Morgan fingerprint density at radius 1 is 1.27 bits per heavy atom. The number of rotatable bonds is 4. The van der Waals surface area contributed by atoms with Gasteiger partial charge in [0.05, 0.1) is 10.9 Å². The maximum absolute atomic E-state index is 12.2. The molecule has 0 aliphatic heterocycles. The van der Waals surface area contributed by atoms with Gasteiger partial charge in [-0.15, -0.1) is 0 Å². The summed E-state index contributed by atoms with van der Waals surface area (Å²) in [6, 6.07) is 8.82. The Hall–Kier alpha value is -3.02. The third-order valence-corrected chi connectivity index (χ3v) is 3.33. The number of carboxylic acid groups (broad SMARTS) is 1. The highest BCUT2D eigenvalue weighted by atomic mass is 16.4. The highest BCUT2D eigenvalue weighted by Crippen LogP contribution is 2.16. The van der Waals surface area contributed by atoms with Crippen LogP contribution in [0.5, 0.6) is 0 Å². The summed E-state index contributed by atoms with van der Waals surface area (Å²) in [5.41, 5.74) is 1.86. The predicted octanol–water partition coefficient (Wildman–Crippen LogP) is 2.00. The fraction of sp³-hybridized carbons (Fsp3) is 0.125. The Morgan fingerprint density at radius 3 is 2.86 bits per heavy atom. The predicted molar refractivity (Wildman–Crippen MR) is 81.6 cm³/mol. The Balaban J connectivity index is 2.03. The van der Waals surface area contributed by atoms with Crippen LogP contribution < -0.4 is 5.56 Å². The molecule has 6 heteroatoms. The van der Waals surface area contributed by atoms with Gasteiger partial charge in [0, 0.05) is 24.4 Å². The summed E-state index contributed by atoms with van der Waals surface area (Å²) in [5, 5.41) is 9.17. The SMILES string of the molecule is O=C(O)CCc1ccc2nc(-c3cccnc3)[nH]c(=O)c2c1. The molecule has 0 aliphatic rings. The van der Waals surface area contributed by atoms with Gasteiger partial charge in [0.2, 0.25) is 0 Å². The molecule has 0 unspecified atom stereocenters. The van der Waals surface area contributed by atoms with Crippen molar-refractivity contribution >= 4 is 16.9 Å². The van der Waals surface area contributed by atoms with E-state index >= 15 is 0 Å². The van der Waals surface area contributed by atoms with Gasteiger partial charge in [0.25, 0.3) is 5.56 Å². The second-order valence-electron chi connectivity index (χ2n) is 4.90. The van der Waals surface area contributed by atoms with Crippen molar-refractivity contribution in [2.75, 3.05) is 0 Å². The number of pyridine rings is 1. The van der Waals surface area contributed by atoms with Gasteiger partial charge in [0.1, 0.15) is 5.82 Å². The number of nitrogens with one attached hydrogen (secondary N) is 1. The molecule has 0 fully saturated rings. The van der Waals surface area contributed by atoms with Gasteiger partial charge >= 0.3 is 5.97 Å². The lowest BCUT2D eigenvalue weighted by molar-refractivity contribution is -0.136. The zero-order valence-electron chi connectivity index (χ0n) is 11.6. The van der Waals surface area contributed by atoms with E-state index in [9.17, 15) is 9.59 Å². The van der Waals surface area contributed by atoms with Crippen LogP contribution in [0.2, 0.25) is 0 Å². The van der Waals surface area contributed by atoms with Crippen molar-refractivity contribution in [1.82, 2.24) is 15.0 Å². The number of aliphatic carboxylic acids is 1. The van der Waals surface area contributed by atoms with Crippen LogP contribution in [0.15, 0.2) is 47.5 Å². The number of aryl methyl sites for hydroxylation is 1. The lowest BCUT2D eigenvalue weighted by atomic mass is 10.1. The number of hydrogen-bond acceptors (Lipinski definition) is 4. The largest absolute Gasteiger partial charge is 0.481 e. The molecule has 0 saturated heterocycles. The molecule has 0 bridgehead atoms. The number of hydrogen-bond donors (Lipinski definition) is 2. The molecular weight excluding hydrogens is 282 g/mol. The smallest absolute Gasteiger partial charge is 0.303 e. The maximum Gasteiger partial charge on any atom is 0.303 e. The Labute approximate surface area is 125 Å². The number of nitrogens with zero attached hydrogens (tertiary/aromatic N) is 2. The number of aromatic amines is 1. The molecule has 3 rings (SSSR count). The summed E-state index contributed by atoms with van der Waals surface area (Å²) in [6.07, 6.45) is 3.70. The average molecular weight is 295 g/mol. The van der Waals surface area contributed by atoms with Crippen LogP contribution in [0.3, 0.4) is 0 Å². The third kappa shape index (κ3) is 2.85. The molecule has 0 aliphatic carbocycles. The van der Waals surface area contributed by atoms with Crippen LogP contribution in [-0.4, -0.2) is 26.0 Å². The number of carbonyl (C=O) groups is 1. The Morgan fingerprint density at radius 2 is 2.14 bits per heavy atom. The summed E-state index contributed by atoms with van der Waals surface area (Å²) in [5.74, 6) is -0.400. The zero-order valence-corrected chi connectivity index (χ0v) is 11.6.